The smallest absolute Gasteiger partial charge is 0.300 e. The third-order valence-electron chi connectivity index (χ3n) is 6.63. The van der Waals surface area contributed by atoms with Gasteiger partial charge in [0.1, 0.15) is 28.7 Å². The van der Waals surface area contributed by atoms with Crippen LogP contribution in [0.3, 0.4) is 0 Å². The Labute approximate surface area is 240 Å². The Hall–Kier alpha value is -3.78. The third kappa shape index (κ3) is 6.27. The monoisotopic (exact) mass is 603 g/mol. The molecular formula is C27H27ClFN5O6S. The van der Waals surface area contributed by atoms with Crippen molar-refractivity contribution in [1.82, 2.24) is 19.3 Å². The minimum atomic E-state index is -4.22. The predicted molar refractivity (Wildman–Crippen MR) is 151 cm³/mol. The number of anilines is 1. The second kappa shape index (κ2) is 12.0. The first kappa shape index (κ1) is 28.7. The van der Waals surface area contributed by atoms with E-state index in [-0.39, 0.29) is 38.8 Å². The molecule has 11 nitrogen and oxygen atoms in total. The van der Waals surface area contributed by atoms with Crippen LogP contribution in [0.25, 0.3) is 16.8 Å². The summed E-state index contributed by atoms with van der Waals surface area (Å²) in [6.45, 7) is 5.27. The van der Waals surface area contributed by atoms with Gasteiger partial charge in [-0.2, -0.15) is 0 Å². The topological polar surface area (TPSA) is 124 Å². The number of fused-ring (bicyclic) bond motifs is 1. The van der Waals surface area contributed by atoms with Crippen molar-refractivity contribution in [2.45, 2.75) is 17.9 Å². The lowest BCUT2D eigenvalue weighted by Crippen LogP contribution is -2.44. The molecule has 1 atom stereocenters. The second-order valence-corrected chi connectivity index (χ2v) is 11.4. The summed E-state index contributed by atoms with van der Waals surface area (Å²) in [5.74, 6) is -0.561. The molecule has 0 saturated carbocycles. The summed E-state index contributed by atoms with van der Waals surface area (Å²) in [7, 11) is -2.88. The molecule has 1 aliphatic rings. The normalized spacial score (nSPS) is 15.0. The number of nitrogens with one attached hydrogen (secondary N) is 1. The minimum absolute atomic E-state index is 0.000237. The van der Waals surface area contributed by atoms with Gasteiger partial charge in [-0.3, -0.25) is 18.8 Å². The highest BCUT2D eigenvalue weighted by molar-refractivity contribution is 7.92. The zero-order valence-electron chi connectivity index (χ0n) is 22.2. The maximum Gasteiger partial charge on any atom is 0.300 e. The maximum atomic E-state index is 13.5. The third-order valence-corrected chi connectivity index (χ3v) is 8.47. The fraction of sp³-hybridized carbons (Fsp3) is 0.296. The van der Waals surface area contributed by atoms with Crippen molar-refractivity contribution in [3.05, 3.63) is 76.2 Å². The van der Waals surface area contributed by atoms with Crippen molar-refractivity contribution in [3.63, 3.8) is 0 Å². The van der Waals surface area contributed by atoms with Gasteiger partial charge in [0.15, 0.2) is 0 Å². The van der Waals surface area contributed by atoms with Crippen LogP contribution < -0.4 is 19.8 Å². The van der Waals surface area contributed by atoms with Crippen molar-refractivity contribution in [1.29, 1.82) is 0 Å². The molecule has 0 spiro atoms. The van der Waals surface area contributed by atoms with Crippen LogP contribution in [0.2, 0.25) is 5.02 Å². The summed E-state index contributed by atoms with van der Waals surface area (Å²) < 4.78 is 59.8. The number of pyridine rings is 2. The molecule has 4 aromatic rings. The first-order valence-corrected chi connectivity index (χ1v) is 14.5. The summed E-state index contributed by atoms with van der Waals surface area (Å²) in [5.41, 5.74) is 1.07. The van der Waals surface area contributed by atoms with Crippen LogP contribution in [0.4, 0.5) is 10.1 Å². The van der Waals surface area contributed by atoms with E-state index in [1.54, 1.807) is 18.3 Å². The lowest BCUT2D eigenvalue weighted by Gasteiger charge is -2.31. The Morgan fingerprint density at radius 1 is 1.12 bits per heavy atom. The summed E-state index contributed by atoms with van der Waals surface area (Å²) in [6.07, 6.45) is 4.46. The molecule has 1 aromatic carbocycles. The van der Waals surface area contributed by atoms with E-state index in [1.807, 2.05) is 6.92 Å². The van der Waals surface area contributed by atoms with Crippen molar-refractivity contribution >= 4 is 33.0 Å². The lowest BCUT2D eigenvalue weighted by molar-refractivity contribution is 0.0103. The standard InChI is InChI=1S/C27H27ClFN5O6S/c1-17(33-7-9-39-10-8-33)16-40-23-14-30-25-6-3-18(15-34(25)27(23)35)19-11-22(26(38-2)31-13-19)32-41(36,37)24-5-4-20(29)12-21(24)28/h3-6,11-15,17,32H,7-10,16H2,1-2H3. The van der Waals surface area contributed by atoms with E-state index in [4.69, 9.17) is 25.8 Å². The zero-order chi connectivity index (χ0) is 29.1. The molecule has 0 aliphatic carbocycles. The fourth-order valence-electron chi connectivity index (χ4n) is 4.40. The molecule has 14 heteroatoms. The van der Waals surface area contributed by atoms with Gasteiger partial charge in [0.2, 0.25) is 11.6 Å². The number of hydrogen-bond donors (Lipinski definition) is 1. The molecule has 1 saturated heterocycles. The minimum Gasteiger partial charge on any atom is -0.485 e. The van der Waals surface area contributed by atoms with Gasteiger partial charge in [0.05, 0.1) is 31.5 Å². The summed E-state index contributed by atoms with van der Waals surface area (Å²) in [4.78, 5) is 23.8. The maximum absolute atomic E-state index is 13.5. The molecular weight excluding hydrogens is 577 g/mol. The van der Waals surface area contributed by atoms with Crippen LogP contribution in [0.5, 0.6) is 11.6 Å². The van der Waals surface area contributed by atoms with Gasteiger partial charge < -0.3 is 14.2 Å². The van der Waals surface area contributed by atoms with Crippen LogP contribution in [-0.2, 0) is 14.8 Å². The first-order chi connectivity index (χ1) is 19.7. The average molecular weight is 604 g/mol. The van der Waals surface area contributed by atoms with Gasteiger partial charge in [0.25, 0.3) is 15.6 Å². The highest BCUT2D eigenvalue weighted by atomic mass is 35.5. The molecule has 1 N–H and O–H groups in total. The number of hydrogen-bond acceptors (Lipinski definition) is 9. The average Bonchev–Trinajstić information content (AvgIpc) is 2.96. The SMILES string of the molecule is COc1ncc(-c2ccc3ncc(OCC(C)N4CCOCC4)c(=O)n3c2)cc1NS(=O)(=O)c1ccc(F)cc1Cl. The van der Waals surface area contributed by atoms with E-state index in [0.29, 0.717) is 36.6 Å². The predicted octanol–water partition coefficient (Wildman–Crippen LogP) is 3.46. The van der Waals surface area contributed by atoms with Crippen molar-refractivity contribution in [2.75, 3.05) is 44.7 Å². The molecule has 0 radical (unpaired) electrons. The lowest BCUT2D eigenvalue weighted by atomic mass is 10.1. The number of morpholine rings is 1. The Morgan fingerprint density at radius 3 is 2.63 bits per heavy atom. The molecule has 1 aliphatic heterocycles. The van der Waals surface area contributed by atoms with Gasteiger partial charge in [-0.15, -0.1) is 0 Å². The molecule has 1 unspecified atom stereocenters. The Bertz CT molecular complexity index is 1750. The molecule has 5 rings (SSSR count). The first-order valence-electron chi connectivity index (χ1n) is 12.6. The van der Waals surface area contributed by atoms with E-state index >= 15 is 0 Å². The summed E-state index contributed by atoms with van der Waals surface area (Å²) in [6, 6.07) is 7.93. The number of rotatable bonds is 9. The van der Waals surface area contributed by atoms with E-state index < -0.39 is 15.8 Å². The number of nitrogens with zero attached hydrogens (tertiary/aromatic N) is 4. The number of benzene rings is 1. The van der Waals surface area contributed by atoms with Crippen molar-refractivity contribution in [3.8, 4) is 22.8 Å². The molecule has 4 heterocycles. The van der Waals surface area contributed by atoms with Crippen molar-refractivity contribution < 1.29 is 27.0 Å². The fourth-order valence-corrected chi connectivity index (χ4v) is 5.98. The van der Waals surface area contributed by atoms with E-state index in [9.17, 15) is 17.6 Å². The van der Waals surface area contributed by atoms with Crippen LogP contribution in [-0.4, -0.2) is 73.7 Å². The number of halogens is 2. The van der Waals surface area contributed by atoms with Gasteiger partial charge in [-0.05, 0) is 43.3 Å². The molecule has 0 amide bonds. The molecule has 3 aromatic heterocycles. The largest absolute Gasteiger partial charge is 0.485 e. The zero-order valence-corrected chi connectivity index (χ0v) is 23.8. The van der Waals surface area contributed by atoms with Gasteiger partial charge in [-0.1, -0.05) is 11.6 Å². The Kier molecular flexibility index (Phi) is 8.40. The number of ether oxygens (including phenoxy) is 3. The van der Waals surface area contributed by atoms with Crippen LogP contribution in [0.1, 0.15) is 6.92 Å². The summed E-state index contributed by atoms with van der Waals surface area (Å²) in [5, 5.41) is -0.278. The summed E-state index contributed by atoms with van der Waals surface area (Å²) >= 11 is 5.98. The van der Waals surface area contributed by atoms with Crippen molar-refractivity contribution in [2.24, 2.45) is 0 Å². The van der Waals surface area contributed by atoms with Gasteiger partial charge in [0, 0.05) is 42.7 Å². The number of aromatic nitrogens is 3. The van der Waals surface area contributed by atoms with Crippen LogP contribution in [0.15, 0.2) is 64.7 Å². The highest BCUT2D eigenvalue weighted by Gasteiger charge is 2.22. The molecule has 1 fully saturated rings. The van der Waals surface area contributed by atoms with E-state index in [0.717, 1.165) is 31.3 Å². The number of methoxy groups -OCH3 is 1. The second-order valence-electron chi connectivity index (χ2n) is 9.34. The van der Waals surface area contributed by atoms with E-state index in [1.165, 1.54) is 30.0 Å². The van der Waals surface area contributed by atoms with Gasteiger partial charge >= 0.3 is 0 Å². The molecule has 41 heavy (non-hydrogen) atoms. The Morgan fingerprint density at radius 2 is 1.90 bits per heavy atom. The van der Waals surface area contributed by atoms with Crippen LogP contribution in [0, 0.1) is 5.82 Å². The number of sulfonamides is 1. The van der Waals surface area contributed by atoms with E-state index in [2.05, 4.69) is 19.6 Å². The molecule has 0 bridgehead atoms. The molecule has 216 valence electrons. The quantitative estimate of drug-likeness (QED) is 0.306. The van der Waals surface area contributed by atoms with Crippen LogP contribution >= 0.6 is 11.6 Å². The highest BCUT2D eigenvalue weighted by Crippen LogP contribution is 2.31. The Balaban J connectivity index is 1.43. The van der Waals surface area contributed by atoms with Gasteiger partial charge in [-0.25, -0.2) is 22.8 Å².